The average molecular weight is 347 g/mol. The van der Waals surface area contributed by atoms with E-state index in [-0.39, 0.29) is 12.1 Å². The maximum absolute atomic E-state index is 4.74. The SMILES string of the molecule is Cc1cccnc1[C@H]1CCC[C@@H](c2ncccc2C)N1Cc1ncc[nH]1. The third kappa shape index (κ3) is 3.27. The summed E-state index contributed by atoms with van der Waals surface area (Å²) in [5.74, 6) is 0.990. The Morgan fingerprint density at radius 1 is 0.923 bits per heavy atom. The molecular weight excluding hydrogens is 322 g/mol. The first-order chi connectivity index (χ1) is 12.7. The summed E-state index contributed by atoms with van der Waals surface area (Å²) < 4.78 is 0. The standard InChI is InChI=1S/C21H25N5/c1-15-6-4-10-24-20(15)17-8-3-9-18(21-16(2)7-5-11-25-21)26(17)14-19-22-12-13-23-19/h4-7,10-13,17-18H,3,8-9,14H2,1-2H3,(H,22,23)/t17-,18+. The van der Waals surface area contributed by atoms with Crippen LogP contribution in [0, 0.1) is 13.8 Å². The van der Waals surface area contributed by atoms with E-state index in [0.29, 0.717) is 0 Å². The number of imidazole rings is 1. The highest BCUT2D eigenvalue weighted by Crippen LogP contribution is 2.42. The quantitative estimate of drug-likeness (QED) is 0.765. The molecule has 4 heterocycles. The monoisotopic (exact) mass is 347 g/mol. The molecule has 3 aromatic heterocycles. The van der Waals surface area contributed by atoms with E-state index in [2.05, 4.69) is 40.8 Å². The summed E-state index contributed by atoms with van der Waals surface area (Å²) in [5, 5.41) is 0. The number of H-pyrrole nitrogens is 1. The van der Waals surface area contributed by atoms with Gasteiger partial charge in [0.25, 0.3) is 0 Å². The summed E-state index contributed by atoms with van der Waals surface area (Å²) in [6, 6.07) is 8.90. The van der Waals surface area contributed by atoms with Gasteiger partial charge in [-0.3, -0.25) is 14.9 Å². The van der Waals surface area contributed by atoms with E-state index in [1.807, 2.05) is 36.9 Å². The Kier molecular flexibility index (Phi) is 4.80. The van der Waals surface area contributed by atoms with Crippen LogP contribution in [0.3, 0.4) is 0 Å². The van der Waals surface area contributed by atoms with Crippen molar-refractivity contribution in [3.63, 3.8) is 0 Å². The van der Waals surface area contributed by atoms with Crippen LogP contribution in [0.1, 0.15) is 59.7 Å². The lowest BCUT2D eigenvalue weighted by Crippen LogP contribution is -2.37. The molecule has 0 saturated carbocycles. The Morgan fingerprint density at radius 3 is 2.04 bits per heavy atom. The van der Waals surface area contributed by atoms with E-state index >= 15 is 0 Å². The second kappa shape index (κ2) is 7.38. The van der Waals surface area contributed by atoms with Crippen LogP contribution >= 0.6 is 0 Å². The molecule has 1 saturated heterocycles. The van der Waals surface area contributed by atoms with Crippen LogP contribution < -0.4 is 0 Å². The van der Waals surface area contributed by atoms with Gasteiger partial charge >= 0.3 is 0 Å². The zero-order valence-electron chi connectivity index (χ0n) is 15.4. The highest BCUT2D eigenvalue weighted by atomic mass is 15.2. The van der Waals surface area contributed by atoms with Crippen molar-refractivity contribution in [2.75, 3.05) is 0 Å². The number of aromatic amines is 1. The molecule has 1 aliphatic rings. The molecule has 134 valence electrons. The molecule has 3 aromatic rings. The van der Waals surface area contributed by atoms with Gasteiger partial charge in [-0.05, 0) is 56.4 Å². The third-order valence-electron chi connectivity index (χ3n) is 5.37. The predicted molar refractivity (Wildman–Crippen MR) is 101 cm³/mol. The molecule has 0 spiro atoms. The normalized spacial score (nSPS) is 21.0. The number of aromatic nitrogens is 4. The highest BCUT2D eigenvalue weighted by Gasteiger charge is 2.35. The molecule has 0 aromatic carbocycles. The summed E-state index contributed by atoms with van der Waals surface area (Å²) in [6.07, 6.45) is 10.9. The molecule has 0 aliphatic carbocycles. The van der Waals surface area contributed by atoms with Crippen molar-refractivity contribution < 1.29 is 0 Å². The number of likely N-dealkylation sites (tertiary alicyclic amines) is 1. The van der Waals surface area contributed by atoms with E-state index < -0.39 is 0 Å². The fourth-order valence-electron chi connectivity index (χ4n) is 4.11. The molecule has 0 bridgehead atoms. The van der Waals surface area contributed by atoms with Gasteiger partial charge in [-0.2, -0.15) is 0 Å². The van der Waals surface area contributed by atoms with E-state index in [4.69, 9.17) is 9.97 Å². The molecule has 1 N–H and O–H groups in total. The van der Waals surface area contributed by atoms with Gasteiger partial charge in [0.1, 0.15) is 5.82 Å². The van der Waals surface area contributed by atoms with Crippen molar-refractivity contribution >= 4 is 0 Å². The Bertz CT molecular complexity index is 805. The summed E-state index contributed by atoms with van der Waals surface area (Å²) in [5.41, 5.74) is 4.86. The van der Waals surface area contributed by atoms with Crippen molar-refractivity contribution in [3.8, 4) is 0 Å². The van der Waals surface area contributed by atoms with Crippen molar-refractivity contribution in [3.05, 3.63) is 77.4 Å². The Labute approximate surface area is 154 Å². The van der Waals surface area contributed by atoms with Crippen molar-refractivity contribution in [2.24, 2.45) is 0 Å². The van der Waals surface area contributed by atoms with Crippen LogP contribution in [-0.4, -0.2) is 24.8 Å². The smallest absolute Gasteiger partial charge is 0.120 e. The van der Waals surface area contributed by atoms with Gasteiger partial charge in [-0.25, -0.2) is 4.98 Å². The van der Waals surface area contributed by atoms with E-state index in [1.165, 1.54) is 28.9 Å². The topological polar surface area (TPSA) is 57.7 Å². The van der Waals surface area contributed by atoms with Crippen molar-refractivity contribution in [1.82, 2.24) is 24.8 Å². The zero-order chi connectivity index (χ0) is 17.9. The van der Waals surface area contributed by atoms with Gasteiger partial charge in [0.15, 0.2) is 0 Å². The molecule has 5 nitrogen and oxygen atoms in total. The van der Waals surface area contributed by atoms with Crippen LogP contribution in [0.4, 0.5) is 0 Å². The molecule has 1 fully saturated rings. The number of hydrogen-bond donors (Lipinski definition) is 1. The predicted octanol–water partition coefficient (Wildman–Crippen LogP) is 4.29. The Hall–Kier alpha value is -2.53. The first-order valence-corrected chi connectivity index (χ1v) is 9.31. The molecular formula is C21H25N5. The number of piperidine rings is 1. The van der Waals surface area contributed by atoms with Crippen LogP contribution in [-0.2, 0) is 6.54 Å². The zero-order valence-corrected chi connectivity index (χ0v) is 15.4. The lowest BCUT2D eigenvalue weighted by atomic mass is 9.89. The minimum Gasteiger partial charge on any atom is -0.348 e. The Balaban J connectivity index is 1.75. The third-order valence-corrected chi connectivity index (χ3v) is 5.37. The van der Waals surface area contributed by atoms with E-state index in [0.717, 1.165) is 25.2 Å². The second-order valence-electron chi connectivity index (χ2n) is 7.08. The summed E-state index contributed by atoms with van der Waals surface area (Å²) in [7, 11) is 0. The molecule has 0 amide bonds. The average Bonchev–Trinajstić information content (AvgIpc) is 3.16. The molecule has 26 heavy (non-hydrogen) atoms. The van der Waals surface area contributed by atoms with Crippen LogP contribution in [0.2, 0.25) is 0 Å². The van der Waals surface area contributed by atoms with Gasteiger partial charge in [0.2, 0.25) is 0 Å². The molecule has 0 radical (unpaired) electrons. The lowest BCUT2D eigenvalue weighted by Gasteiger charge is -2.42. The second-order valence-corrected chi connectivity index (χ2v) is 7.08. The maximum atomic E-state index is 4.74. The fraction of sp³-hybridized carbons (Fsp3) is 0.381. The van der Waals surface area contributed by atoms with Gasteiger partial charge in [0, 0.05) is 24.8 Å². The summed E-state index contributed by atoms with van der Waals surface area (Å²) in [6.45, 7) is 5.08. The first-order valence-electron chi connectivity index (χ1n) is 9.31. The van der Waals surface area contributed by atoms with Crippen molar-refractivity contribution in [2.45, 2.75) is 51.7 Å². The lowest BCUT2D eigenvalue weighted by molar-refractivity contribution is 0.0654. The number of nitrogens with one attached hydrogen (secondary N) is 1. The summed E-state index contributed by atoms with van der Waals surface area (Å²) >= 11 is 0. The number of hydrogen-bond acceptors (Lipinski definition) is 4. The first kappa shape index (κ1) is 16.9. The van der Waals surface area contributed by atoms with Crippen LogP contribution in [0.25, 0.3) is 0 Å². The van der Waals surface area contributed by atoms with E-state index in [9.17, 15) is 0 Å². The molecule has 2 atom stereocenters. The van der Waals surface area contributed by atoms with Crippen LogP contribution in [0.5, 0.6) is 0 Å². The summed E-state index contributed by atoms with van der Waals surface area (Å²) in [4.78, 5) is 19.8. The number of nitrogens with zero attached hydrogens (tertiary/aromatic N) is 4. The minimum absolute atomic E-state index is 0.279. The fourth-order valence-corrected chi connectivity index (χ4v) is 4.11. The number of aryl methyl sites for hydroxylation is 2. The molecule has 4 rings (SSSR count). The van der Waals surface area contributed by atoms with Gasteiger partial charge in [-0.1, -0.05) is 12.1 Å². The molecule has 5 heteroatoms. The number of pyridine rings is 2. The van der Waals surface area contributed by atoms with Gasteiger partial charge in [0.05, 0.1) is 30.0 Å². The maximum Gasteiger partial charge on any atom is 0.120 e. The molecule has 0 unspecified atom stereocenters. The number of rotatable bonds is 4. The van der Waals surface area contributed by atoms with Gasteiger partial charge < -0.3 is 4.98 Å². The molecule has 1 aliphatic heterocycles. The highest BCUT2D eigenvalue weighted by molar-refractivity contribution is 5.26. The Morgan fingerprint density at radius 2 is 1.54 bits per heavy atom. The van der Waals surface area contributed by atoms with E-state index in [1.54, 1.807) is 0 Å². The minimum atomic E-state index is 0.279. The van der Waals surface area contributed by atoms with Gasteiger partial charge in [-0.15, -0.1) is 0 Å². The van der Waals surface area contributed by atoms with Crippen molar-refractivity contribution in [1.29, 1.82) is 0 Å². The van der Waals surface area contributed by atoms with Crippen LogP contribution in [0.15, 0.2) is 49.1 Å². The largest absolute Gasteiger partial charge is 0.348 e.